The van der Waals surface area contributed by atoms with Crippen LogP contribution in [0, 0.1) is 0 Å². The van der Waals surface area contributed by atoms with Crippen LogP contribution in [-0.4, -0.2) is 41.1 Å². The Kier molecular flexibility index (Phi) is 2.87. The zero-order chi connectivity index (χ0) is 11.7. The lowest BCUT2D eigenvalue weighted by Gasteiger charge is -2.16. The fraction of sp³-hybridized carbons (Fsp3) is 0.455. The van der Waals surface area contributed by atoms with Crippen LogP contribution < -0.4 is 0 Å². The van der Waals surface area contributed by atoms with Gasteiger partial charge >= 0.3 is 0 Å². The molecular formula is C11H12FNO3. The first-order chi connectivity index (χ1) is 7.65. The van der Waals surface area contributed by atoms with Crippen LogP contribution in [0.2, 0.25) is 0 Å². The van der Waals surface area contributed by atoms with Crippen LogP contribution in [0.15, 0.2) is 23.3 Å². The first-order valence-corrected chi connectivity index (χ1v) is 5.15. The van der Waals surface area contributed by atoms with E-state index in [0.717, 1.165) is 11.3 Å². The number of carbonyl (C=O) groups excluding carboxylic acids is 2. The molecule has 86 valence electrons. The summed E-state index contributed by atoms with van der Waals surface area (Å²) in [4.78, 5) is 24.5. The third-order valence-electron chi connectivity index (χ3n) is 2.72. The summed E-state index contributed by atoms with van der Waals surface area (Å²) in [5.74, 6) is -0.819. The van der Waals surface area contributed by atoms with E-state index in [0.29, 0.717) is 17.6 Å². The van der Waals surface area contributed by atoms with Gasteiger partial charge in [0.05, 0.1) is 6.54 Å². The van der Waals surface area contributed by atoms with E-state index >= 15 is 0 Å². The average molecular weight is 225 g/mol. The normalized spacial score (nSPS) is 21.8. The molecule has 0 radical (unpaired) electrons. The van der Waals surface area contributed by atoms with Crippen molar-refractivity contribution in [3.05, 3.63) is 23.3 Å². The molecule has 4 nitrogen and oxygen atoms in total. The Labute approximate surface area is 92.0 Å². The Morgan fingerprint density at radius 2 is 2.19 bits per heavy atom. The second-order valence-electron chi connectivity index (χ2n) is 3.86. The molecule has 0 aromatic heterocycles. The quantitative estimate of drug-likeness (QED) is 0.704. The predicted octanol–water partition coefficient (Wildman–Crippen LogP) is 0.332. The fourth-order valence-electron chi connectivity index (χ4n) is 1.91. The van der Waals surface area contributed by atoms with Crippen molar-refractivity contribution in [2.75, 3.05) is 13.2 Å². The van der Waals surface area contributed by atoms with Gasteiger partial charge < -0.3 is 5.11 Å². The molecule has 1 heterocycles. The molecule has 0 saturated carbocycles. The van der Waals surface area contributed by atoms with Crippen LogP contribution in [0.25, 0.3) is 0 Å². The molecule has 1 unspecified atom stereocenters. The largest absolute Gasteiger partial charge is 0.389 e. The molecule has 1 aliphatic heterocycles. The number of aliphatic hydroxyl groups excluding tert-OH is 1. The molecule has 2 aliphatic rings. The van der Waals surface area contributed by atoms with E-state index in [1.807, 2.05) is 6.08 Å². The summed E-state index contributed by atoms with van der Waals surface area (Å²) >= 11 is 0. The van der Waals surface area contributed by atoms with E-state index in [9.17, 15) is 14.0 Å². The lowest BCUT2D eigenvalue weighted by molar-refractivity contribution is -0.139. The van der Waals surface area contributed by atoms with Crippen molar-refractivity contribution in [1.29, 1.82) is 0 Å². The number of hydrogen-bond donors (Lipinski definition) is 1. The monoisotopic (exact) mass is 225 g/mol. The second kappa shape index (κ2) is 4.17. The third kappa shape index (κ3) is 1.67. The number of rotatable bonds is 3. The van der Waals surface area contributed by atoms with Crippen molar-refractivity contribution >= 4 is 11.8 Å². The van der Waals surface area contributed by atoms with Crippen molar-refractivity contribution in [1.82, 2.24) is 4.90 Å². The van der Waals surface area contributed by atoms with Crippen LogP contribution in [0.3, 0.4) is 0 Å². The molecule has 5 heteroatoms. The molecule has 16 heavy (non-hydrogen) atoms. The summed E-state index contributed by atoms with van der Waals surface area (Å²) in [6, 6.07) is 0. The van der Waals surface area contributed by atoms with Crippen molar-refractivity contribution in [2.45, 2.75) is 18.9 Å². The van der Waals surface area contributed by atoms with Crippen molar-refractivity contribution < 1.29 is 19.1 Å². The van der Waals surface area contributed by atoms with Crippen LogP contribution in [0.4, 0.5) is 4.39 Å². The summed E-state index contributed by atoms with van der Waals surface area (Å²) in [7, 11) is 0. The summed E-state index contributed by atoms with van der Waals surface area (Å²) in [6.45, 7) is -1.23. The summed E-state index contributed by atoms with van der Waals surface area (Å²) in [5, 5.41) is 9.13. The maximum absolute atomic E-state index is 12.1. The molecule has 1 atom stereocenters. The first kappa shape index (κ1) is 11.0. The van der Waals surface area contributed by atoms with Gasteiger partial charge in [-0.25, -0.2) is 4.39 Å². The molecule has 1 aliphatic carbocycles. The van der Waals surface area contributed by atoms with Gasteiger partial charge in [-0.15, -0.1) is 0 Å². The van der Waals surface area contributed by atoms with Gasteiger partial charge in [0.15, 0.2) is 0 Å². The standard InChI is InChI=1S/C11H12FNO3/c12-5-7(14)6-13-10(15)8-3-1-2-4-9(8)11(13)16/h1,3,7,14H,2,4-6H2. The Hall–Kier alpha value is -1.49. The number of hydrogen-bond acceptors (Lipinski definition) is 3. The van der Waals surface area contributed by atoms with E-state index in [1.165, 1.54) is 0 Å². The fourth-order valence-corrected chi connectivity index (χ4v) is 1.91. The Morgan fingerprint density at radius 3 is 2.81 bits per heavy atom. The number of nitrogens with zero attached hydrogens (tertiary/aromatic N) is 1. The number of alkyl halides is 1. The van der Waals surface area contributed by atoms with Crippen LogP contribution in [0.1, 0.15) is 12.8 Å². The summed E-state index contributed by atoms with van der Waals surface area (Å²) in [6.07, 6.45) is 3.44. The number of aliphatic hydroxyl groups is 1. The maximum Gasteiger partial charge on any atom is 0.261 e. The van der Waals surface area contributed by atoms with Gasteiger partial charge in [-0.1, -0.05) is 12.2 Å². The number of halogens is 1. The lowest BCUT2D eigenvalue weighted by atomic mass is 10.00. The topological polar surface area (TPSA) is 57.6 Å². The second-order valence-corrected chi connectivity index (χ2v) is 3.86. The highest BCUT2D eigenvalue weighted by atomic mass is 19.1. The van der Waals surface area contributed by atoms with Gasteiger partial charge in [0, 0.05) is 11.1 Å². The maximum atomic E-state index is 12.1. The number of carbonyl (C=O) groups is 2. The van der Waals surface area contributed by atoms with Crippen LogP contribution in [-0.2, 0) is 9.59 Å². The molecule has 0 saturated heterocycles. The lowest BCUT2D eigenvalue weighted by Crippen LogP contribution is -2.38. The molecule has 2 rings (SSSR count). The first-order valence-electron chi connectivity index (χ1n) is 5.15. The highest BCUT2D eigenvalue weighted by Crippen LogP contribution is 2.28. The van der Waals surface area contributed by atoms with Gasteiger partial charge in [0.25, 0.3) is 11.8 Å². The Morgan fingerprint density at radius 1 is 1.44 bits per heavy atom. The van der Waals surface area contributed by atoms with Crippen LogP contribution in [0.5, 0.6) is 0 Å². The highest BCUT2D eigenvalue weighted by Gasteiger charge is 2.38. The van der Waals surface area contributed by atoms with E-state index in [1.54, 1.807) is 6.08 Å². The zero-order valence-corrected chi connectivity index (χ0v) is 8.65. The number of imide groups is 1. The van der Waals surface area contributed by atoms with E-state index in [4.69, 9.17) is 5.11 Å². The van der Waals surface area contributed by atoms with Gasteiger partial charge in [0.1, 0.15) is 12.8 Å². The molecule has 2 amide bonds. The predicted molar refractivity (Wildman–Crippen MR) is 54.1 cm³/mol. The van der Waals surface area contributed by atoms with E-state index in [2.05, 4.69) is 0 Å². The van der Waals surface area contributed by atoms with Gasteiger partial charge in [-0.05, 0) is 12.8 Å². The van der Waals surface area contributed by atoms with E-state index in [-0.39, 0.29) is 6.54 Å². The minimum atomic E-state index is -1.29. The smallest absolute Gasteiger partial charge is 0.261 e. The molecule has 0 spiro atoms. The van der Waals surface area contributed by atoms with E-state index < -0.39 is 24.6 Å². The Balaban J connectivity index is 2.19. The highest BCUT2D eigenvalue weighted by molar-refractivity contribution is 6.20. The van der Waals surface area contributed by atoms with Crippen molar-refractivity contribution in [3.63, 3.8) is 0 Å². The number of allylic oxidation sites excluding steroid dienone is 1. The number of amides is 2. The average Bonchev–Trinajstić information content (AvgIpc) is 2.55. The summed E-state index contributed by atoms with van der Waals surface area (Å²) in [5.41, 5.74) is 0.876. The molecular weight excluding hydrogens is 213 g/mol. The minimum absolute atomic E-state index is 0.269. The SMILES string of the molecule is O=C1C2=C(CCC=C2)C(=O)N1CC(O)CF. The minimum Gasteiger partial charge on any atom is -0.389 e. The molecule has 0 bridgehead atoms. The molecule has 0 aromatic rings. The Bertz CT molecular complexity index is 400. The third-order valence-corrected chi connectivity index (χ3v) is 2.72. The molecule has 0 fully saturated rings. The molecule has 1 N–H and O–H groups in total. The van der Waals surface area contributed by atoms with Crippen molar-refractivity contribution in [3.8, 4) is 0 Å². The van der Waals surface area contributed by atoms with Gasteiger partial charge in [-0.2, -0.15) is 0 Å². The molecule has 0 aromatic carbocycles. The summed E-state index contributed by atoms with van der Waals surface area (Å²) < 4.78 is 12.1. The van der Waals surface area contributed by atoms with Crippen molar-refractivity contribution in [2.24, 2.45) is 0 Å². The zero-order valence-electron chi connectivity index (χ0n) is 8.65. The van der Waals surface area contributed by atoms with Gasteiger partial charge in [0.2, 0.25) is 0 Å². The number of β-amino-alcohol motifs (C(OH)–C–C–N with tert-alkyl or cyclic N) is 1. The van der Waals surface area contributed by atoms with Crippen LogP contribution >= 0.6 is 0 Å². The van der Waals surface area contributed by atoms with Gasteiger partial charge in [-0.3, -0.25) is 14.5 Å².